The van der Waals surface area contributed by atoms with Gasteiger partial charge in [-0.05, 0) is 40.4 Å². The number of hydrogen-bond donors (Lipinski definition) is 0. The van der Waals surface area contributed by atoms with E-state index in [9.17, 15) is 9.59 Å². The molecule has 0 aliphatic carbocycles. The van der Waals surface area contributed by atoms with Gasteiger partial charge < -0.3 is 14.2 Å². The largest absolute Gasteiger partial charge is 0.486 e. The number of carbonyl (C=O) groups excluding carboxylic acids is 2. The van der Waals surface area contributed by atoms with Gasteiger partial charge in [0.15, 0.2) is 11.5 Å². The van der Waals surface area contributed by atoms with Crippen LogP contribution in [0.25, 0.3) is 0 Å². The Kier molecular flexibility index (Phi) is 4.88. The van der Waals surface area contributed by atoms with E-state index in [1.807, 2.05) is 13.8 Å². The molecule has 1 aromatic carbocycles. The summed E-state index contributed by atoms with van der Waals surface area (Å²) in [6.07, 6.45) is 0. The van der Waals surface area contributed by atoms with E-state index >= 15 is 0 Å². The first-order valence-electron chi connectivity index (χ1n) is 6.80. The lowest BCUT2D eigenvalue weighted by atomic mass is 9.93. The van der Waals surface area contributed by atoms with Crippen LogP contribution in [0.3, 0.4) is 0 Å². The normalized spacial score (nSPS) is 13.2. The highest BCUT2D eigenvalue weighted by molar-refractivity contribution is 9.10. The van der Waals surface area contributed by atoms with E-state index in [0.717, 1.165) is 5.56 Å². The van der Waals surface area contributed by atoms with Crippen LogP contribution in [0.1, 0.15) is 42.6 Å². The number of ketones is 1. The van der Waals surface area contributed by atoms with E-state index < -0.39 is 11.8 Å². The van der Waals surface area contributed by atoms with Crippen molar-refractivity contribution in [2.75, 3.05) is 19.8 Å². The number of fused-ring (bicyclic) bond motifs is 1. The highest BCUT2D eigenvalue weighted by atomic mass is 79.9. The first kappa shape index (κ1) is 15.8. The molecule has 1 heterocycles. The van der Waals surface area contributed by atoms with Gasteiger partial charge in [0.1, 0.15) is 13.2 Å². The SMILES string of the molecule is CCOC(=O)C(=O)c1cc2c(c(Br)c1C(C)C)OCCO2. The van der Waals surface area contributed by atoms with E-state index in [1.165, 1.54) is 0 Å². The number of ether oxygens (including phenoxy) is 3. The molecule has 6 heteroatoms. The quantitative estimate of drug-likeness (QED) is 0.471. The van der Waals surface area contributed by atoms with Crippen molar-refractivity contribution >= 4 is 27.7 Å². The lowest BCUT2D eigenvalue weighted by molar-refractivity contribution is -0.137. The Bertz CT molecular complexity index is 580. The van der Waals surface area contributed by atoms with Crippen molar-refractivity contribution in [3.05, 3.63) is 21.7 Å². The fourth-order valence-corrected chi connectivity index (χ4v) is 3.20. The van der Waals surface area contributed by atoms with E-state index in [4.69, 9.17) is 14.2 Å². The molecule has 0 spiro atoms. The molecular formula is C15H17BrO5. The Morgan fingerprint density at radius 2 is 2.00 bits per heavy atom. The molecule has 0 N–H and O–H groups in total. The number of rotatable bonds is 4. The number of halogens is 1. The van der Waals surface area contributed by atoms with Crippen LogP contribution in [-0.2, 0) is 9.53 Å². The van der Waals surface area contributed by atoms with Crippen LogP contribution in [0, 0.1) is 0 Å². The Balaban J connectivity index is 2.56. The Labute approximate surface area is 131 Å². The number of hydrogen-bond acceptors (Lipinski definition) is 5. The minimum atomic E-state index is -0.858. The summed E-state index contributed by atoms with van der Waals surface area (Å²) in [4.78, 5) is 24.0. The van der Waals surface area contributed by atoms with Crippen LogP contribution in [0.15, 0.2) is 10.5 Å². The first-order valence-corrected chi connectivity index (χ1v) is 7.60. The van der Waals surface area contributed by atoms with Crippen molar-refractivity contribution in [1.82, 2.24) is 0 Å². The highest BCUT2D eigenvalue weighted by Crippen LogP contribution is 2.44. The van der Waals surface area contributed by atoms with Crippen LogP contribution in [0.2, 0.25) is 0 Å². The Morgan fingerprint density at radius 1 is 1.33 bits per heavy atom. The number of benzene rings is 1. The zero-order valence-corrected chi connectivity index (χ0v) is 13.8. The lowest BCUT2D eigenvalue weighted by Gasteiger charge is -2.24. The zero-order chi connectivity index (χ0) is 15.6. The maximum Gasteiger partial charge on any atom is 0.379 e. The third-order valence-corrected chi connectivity index (χ3v) is 3.88. The highest BCUT2D eigenvalue weighted by Gasteiger charge is 2.29. The van der Waals surface area contributed by atoms with Crippen molar-refractivity contribution in [1.29, 1.82) is 0 Å². The van der Waals surface area contributed by atoms with Crippen molar-refractivity contribution in [3.8, 4) is 11.5 Å². The average molecular weight is 357 g/mol. The summed E-state index contributed by atoms with van der Waals surface area (Å²) in [5.41, 5.74) is 1.01. The van der Waals surface area contributed by atoms with E-state index in [2.05, 4.69) is 15.9 Å². The fourth-order valence-electron chi connectivity index (χ4n) is 2.22. The summed E-state index contributed by atoms with van der Waals surface area (Å²) >= 11 is 3.47. The van der Waals surface area contributed by atoms with E-state index in [0.29, 0.717) is 34.7 Å². The van der Waals surface area contributed by atoms with Gasteiger partial charge in [0, 0.05) is 5.56 Å². The van der Waals surface area contributed by atoms with Crippen molar-refractivity contribution in [2.45, 2.75) is 26.7 Å². The molecule has 0 saturated heterocycles. The maximum absolute atomic E-state index is 12.3. The molecule has 1 aliphatic rings. The number of esters is 1. The van der Waals surface area contributed by atoms with Crippen LogP contribution in [0.4, 0.5) is 0 Å². The molecule has 5 nitrogen and oxygen atoms in total. The summed E-state index contributed by atoms with van der Waals surface area (Å²) in [5.74, 6) is -0.458. The van der Waals surface area contributed by atoms with Crippen LogP contribution >= 0.6 is 15.9 Å². The molecule has 0 unspecified atom stereocenters. The fraction of sp³-hybridized carbons (Fsp3) is 0.467. The van der Waals surface area contributed by atoms with Gasteiger partial charge in [-0.1, -0.05) is 13.8 Å². The summed E-state index contributed by atoms with van der Waals surface area (Å²) in [5, 5.41) is 0. The minimum Gasteiger partial charge on any atom is -0.486 e. The predicted octanol–water partition coefficient (Wildman–Crippen LogP) is 3.09. The summed E-state index contributed by atoms with van der Waals surface area (Å²) in [7, 11) is 0. The molecule has 0 aromatic heterocycles. The van der Waals surface area contributed by atoms with Crippen molar-refractivity contribution in [2.24, 2.45) is 0 Å². The summed E-state index contributed by atoms with van der Waals surface area (Å²) < 4.78 is 16.6. The molecule has 0 radical (unpaired) electrons. The summed E-state index contributed by atoms with van der Waals surface area (Å²) in [6, 6.07) is 1.56. The molecule has 0 fully saturated rings. The molecular weight excluding hydrogens is 340 g/mol. The monoisotopic (exact) mass is 356 g/mol. The maximum atomic E-state index is 12.3. The molecule has 1 aliphatic heterocycles. The third kappa shape index (κ3) is 3.05. The lowest BCUT2D eigenvalue weighted by Crippen LogP contribution is -2.22. The van der Waals surface area contributed by atoms with E-state index in [1.54, 1.807) is 13.0 Å². The average Bonchev–Trinajstić information content (AvgIpc) is 2.46. The molecule has 21 heavy (non-hydrogen) atoms. The smallest absolute Gasteiger partial charge is 0.379 e. The molecule has 0 bridgehead atoms. The Hall–Kier alpha value is -1.56. The molecule has 0 atom stereocenters. The van der Waals surface area contributed by atoms with Gasteiger partial charge in [0.2, 0.25) is 0 Å². The van der Waals surface area contributed by atoms with Gasteiger partial charge in [0.25, 0.3) is 5.78 Å². The molecule has 1 aromatic rings. The molecule has 0 amide bonds. The second-order valence-corrected chi connectivity index (χ2v) is 5.67. The topological polar surface area (TPSA) is 61.8 Å². The predicted molar refractivity (Wildman–Crippen MR) is 80.2 cm³/mol. The van der Waals surface area contributed by atoms with Gasteiger partial charge in [-0.15, -0.1) is 0 Å². The summed E-state index contributed by atoms with van der Waals surface area (Å²) in [6.45, 7) is 6.57. The van der Waals surface area contributed by atoms with Crippen molar-refractivity contribution < 1.29 is 23.8 Å². The third-order valence-electron chi connectivity index (χ3n) is 3.10. The number of carbonyl (C=O) groups is 2. The van der Waals surface area contributed by atoms with Crippen LogP contribution in [0.5, 0.6) is 11.5 Å². The van der Waals surface area contributed by atoms with Gasteiger partial charge in [-0.2, -0.15) is 0 Å². The standard InChI is InChI=1S/C15H17BrO5/c1-4-19-15(18)13(17)9-7-10-14(21-6-5-20-10)12(16)11(9)8(2)3/h7-8H,4-6H2,1-3H3. The molecule has 0 saturated carbocycles. The number of Topliss-reactive ketones (excluding diaryl/α,β-unsaturated/α-hetero) is 1. The minimum absolute atomic E-state index is 0.0311. The van der Waals surface area contributed by atoms with Gasteiger partial charge in [-0.25, -0.2) is 4.79 Å². The molecule has 2 rings (SSSR count). The van der Waals surface area contributed by atoms with Gasteiger partial charge in [0.05, 0.1) is 11.1 Å². The van der Waals surface area contributed by atoms with Gasteiger partial charge >= 0.3 is 5.97 Å². The van der Waals surface area contributed by atoms with Gasteiger partial charge in [-0.3, -0.25) is 4.79 Å². The first-order chi connectivity index (χ1) is 9.97. The zero-order valence-electron chi connectivity index (χ0n) is 12.2. The Morgan fingerprint density at radius 3 is 2.62 bits per heavy atom. The van der Waals surface area contributed by atoms with Crippen LogP contribution in [-0.4, -0.2) is 31.6 Å². The second-order valence-electron chi connectivity index (χ2n) is 4.88. The second kappa shape index (κ2) is 6.47. The van der Waals surface area contributed by atoms with Crippen molar-refractivity contribution in [3.63, 3.8) is 0 Å². The van der Waals surface area contributed by atoms with E-state index in [-0.39, 0.29) is 12.5 Å². The van der Waals surface area contributed by atoms with Crippen LogP contribution < -0.4 is 9.47 Å². The molecule has 114 valence electrons.